The Morgan fingerprint density at radius 1 is 1.30 bits per heavy atom. The molecule has 120 valence electrons. The lowest BCUT2D eigenvalue weighted by Gasteiger charge is -2.05. The van der Waals surface area contributed by atoms with Crippen LogP contribution in [0.2, 0.25) is 0 Å². The zero-order valence-electron chi connectivity index (χ0n) is 12.6. The fourth-order valence-corrected chi connectivity index (χ4v) is 2.16. The average molecular weight is 377 g/mol. The first-order valence-electron chi connectivity index (χ1n) is 7.15. The fourth-order valence-electron chi connectivity index (χ4n) is 1.78. The lowest BCUT2D eigenvalue weighted by Crippen LogP contribution is -2.17. The maximum absolute atomic E-state index is 12.0. The summed E-state index contributed by atoms with van der Waals surface area (Å²) in [6.07, 6.45) is 2.32. The predicted octanol–water partition coefficient (Wildman–Crippen LogP) is 3.71. The minimum atomic E-state index is -0.335. The minimum Gasteiger partial charge on any atom is -0.507 e. The van der Waals surface area contributed by atoms with Gasteiger partial charge in [0, 0.05) is 15.6 Å². The van der Waals surface area contributed by atoms with Crippen molar-refractivity contribution in [3.8, 4) is 11.5 Å². The maximum atomic E-state index is 12.0. The van der Waals surface area contributed by atoms with Crippen LogP contribution in [-0.4, -0.2) is 23.8 Å². The molecule has 6 heteroatoms. The number of nitrogens with zero attached hydrogens (tertiary/aromatic N) is 1. The normalized spacial score (nSPS) is 10.7. The Balaban J connectivity index is 1.96. The van der Waals surface area contributed by atoms with E-state index < -0.39 is 0 Å². The molecule has 5 nitrogen and oxygen atoms in total. The summed E-state index contributed by atoms with van der Waals surface area (Å²) in [5.41, 5.74) is 3.40. The van der Waals surface area contributed by atoms with Crippen LogP contribution in [0.1, 0.15) is 29.3 Å². The number of hydrogen-bond donors (Lipinski definition) is 2. The summed E-state index contributed by atoms with van der Waals surface area (Å²) < 4.78 is 6.27. The molecule has 2 aromatic rings. The van der Waals surface area contributed by atoms with Gasteiger partial charge < -0.3 is 9.84 Å². The highest BCUT2D eigenvalue weighted by atomic mass is 79.9. The molecule has 0 fully saturated rings. The topological polar surface area (TPSA) is 70.9 Å². The Morgan fingerprint density at radius 3 is 2.74 bits per heavy atom. The van der Waals surface area contributed by atoms with Crippen LogP contribution >= 0.6 is 15.9 Å². The molecule has 0 saturated heterocycles. The van der Waals surface area contributed by atoms with Crippen LogP contribution in [0.4, 0.5) is 0 Å². The summed E-state index contributed by atoms with van der Waals surface area (Å²) in [6, 6.07) is 11.8. The van der Waals surface area contributed by atoms with Crippen LogP contribution in [-0.2, 0) is 0 Å². The number of hydrazone groups is 1. The summed E-state index contributed by atoms with van der Waals surface area (Å²) in [6.45, 7) is 2.68. The quantitative estimate of drug-likeness (QED) is 0.596. The van der Waals surface area contributed by atoms with Gasteiger partial charge in [-0.05, 0) is 48.9 Å². The molecule has 0 aliphatic carbocycles. The molecule has 2 aromatic carbocycles. The van der Waals surface area contributed by atoms with Gasteiger partial charge in [0.05, 0.1) is 12.8 Å². The second-order valence-electron chi connectivity index (χ2n) is 4.78. The van der Waals surface area contributed by atoms with Gasteiger partial charge in [-0.3, -0.25) is 4.79 Å². The molecule has 0 aliphatic heterocycles. The zero-order chi connectivity index (χ0) is 16.7. The van der Waals surface area contributed by atoms with Gasteiger partial charge >= 0.3 is 0 Å². The van der Waals surface area contributed by atoms with E-state index in [1.165, 1.54) is 6.21 Å². The van der Waals surface area contributed by atoms with E-state index in [4.69, 9.17) is 4.74 Å². The standard InChI is InChI=1S/C17H17BrN2O3/c1-2-9-23-15-6-3-12(4-7-15)17(22)20-19-11-13-10-14(18)5-8-16(13)21/h3-8,10-11,21H,2,9H2,1H3,(H,20,22)/b19-11+. The van der Waals surface area contributed by atoms with Crippen LogP contribution in [0, 0.1) is 0 Å². The van der Waals surface area contributed by atoms with Crippen LogP contribution in [0.5, 0.6) is 11.5 Å². The highest BCUT2D eigenvalue weighted by Crippen LogP contribution is 2.20. The number of rotatable bonds is 6. The van der Waals surface area contributed by atoms with Crippen molar-refractivity contribution < 1.29 is 14.6 Å². The smallest absolute Gasteiger partial charge is 0.271 e. The van der Waals surface area contributed by atoms with Crippen molar-refractivity contribution >= 4 is 28.1 Å². The first kappa shape index (κ1) is 17.0. The average Bonchev–Trinajstić information content (AvgIpc) is 2.56. The van der Waals surface area contributed by atoms with Gasteiger partial charge in [0.1, 0.15) is 11.5 Å². The molecule has 0 aromatic heterocycles. The lowest BCUT2D eigenvalue weighted by molar-refractivity contribution is 0.0955. The van der Waals surface area contributed by atoms with Gasteiger partial charge in [-0.15, -0.1) is 0 Å². The van der Waals surface area contributed by atoms with E-state index in [9.17, 15) is 9.90 Å². The molecule has 1 amide bonds. The van der Waals surface area contributed by atoms with E-state index >= 15 is 0 Å². The van der Waals surface area contributed by atoms with Crippen LogP contribution in [0.15, 0.2) is 52.0 Å². The van der Waals surface area contributed by atoms with E-state index in [1.807, 2.05) is 6.92 Å². The van der Waals surface area contributed by atoms with Crippen molar-refractivity contribution in [1.29, 1.82) is 0 Å². The molecule has 0 unspecified atom stereocenters. The number of nitrogens with one attached hydrogen (secondary N) is 1. The lowest BCUT2D eigenvalue weighted by atomic mass is 10.2. The van der Waals surface area contributed by atoms with E-state index in [1.54, 1.807) is 42.5 Å². The molecule has 0 aliphatic rings. The van der Waals surface area contributed by atoms with Crippen LogP contribution in [0.3, 0.4) is 0 Å². The molecule has 0 atom stereocenters. The number of carbonyl (C=O) groups is 1. The Bertz CT molecular complexity index is 699. The predicted molar refractivity (Wildman–Crippen MR) is 93.1 cm³/mol. The number of hydrogen-bond acceptors (Lipinski definition) is 4. The molecule has 0 spiro atoms. The van der Waals surface area contributed by atoms with Crippen LogP contribution in [0.25, 0.3) is 0 Å². The number of aromatic hydroxyl groups is 1. The van der Waals surface area contributed by atoms with Gasteiger partial charge in [-0.1, -0.05) is 22.9 Å². The molecular weight excluding hydrogens is 360 g/mol. The highest BCUT2D eigenvalue weighted by molar-refractivity contribution is 9.10. The van der Waals surface area contributed by atoms with Gasteiger partial charge in [0.25, 0.3) is 5.91 Å². The minimum absolute atomic E-state index is 0.0867. The van der Waals surface area contributed by atoms with Crippen molar-refractivity contribution in [1.82, 2.24) is 5.43 Å². The molecule has 0 radical (unpaired) electrons. The molecule has 0 heterocycles. The largest absolute Gasteiger partial charge is 0.507 e. The molecule has 0 bridgehead atoms. The Kier molecular flexibility index (Phi) is 6.17. The summed E-state index contributed by atoms with van der Waals surface area (Å²) in [7, 11) is 0. The first-order valence-corrected chi connectivity index (χ1v) is 7.94. The molecule has 2 N–H and O–H groups in total. The van der Waals surface area contributed by atoms with E-state index in [-0.39, 0.29) is 11.7 Å². The summed E-state index contributed by atoms with van der Waals surface area (Å²) in [5, 5.41) is 13.5. The summed E-state index contributed by atoms with van der Waals surface area (Å²) >= 11 is 3.31. The molecule has 0 saturated carbocycles. The second-order valence-corrected chi connectivity index (χ2v) is 5.69. The summed E-state index contributed by atoms with van der Waals surface area (Å²) in [5.74, 6) is 0.479. The maximum Gasteiger partial charge on any atom is 0.271 e. The van der Waals surface area contributed by atoms with Crippen molar-refractivity contribution in [2.75, 3.05) is 6.61 Å². The summed E-state index contributed by atoms with van der Waals surface area (Å²) in [4.78, 5) is 12.0. The molecular formula is C17H17BrN2O3. The van der Waals surface area contributed by atoms with Crippen molar-refractivity contribution in [3.63, 3.8) is 0 Å². The third kappa shape index (κ3) is 5.10. The third-order valence-corrected chi connectivity index (χ3v) is 3.44. The second kappa shape index (κ2) is 8.33. The number of phenols is 1. The van der Waals surface area contributed by atoms with E-state index in [0.717, 1.165) is 16.6 Å². The number of carbonyl (C=O) groups excluding carboxylic acids is 1. The number of phenolic OH excluding ortho intramolecular Hbond substituents is 1. The number of benzene rings is 2. The monoisotopic (exact) mass is 376 g/mol. The third-order valence-electron chi connectivity index (χ3n) is 2.95. The van der Waals surface area contributed by atoms with Gasteiger partial charge in [-0.2, -0.15) is 5.10 Å². The Morgan fingerprint density at radius 2 is 2.04 bits per heavy atom. The van der Waals surface area contributed by atoms with Crippen molar-refractivity contribution in [2.45, 2.75) is 13.3 Å². The van der Waals surface area contributed by atoms with Gasteiger partial charge in [-0.25, -0.2) is 5.43 Å². The van der Waals surface area contributed by atoms with Crippen LogP contribution < -0.4 is 10.2 Å². The number of amides is 1. The molecule has 23 heavy (non-hydrogen) atoms. The highest BCUT2D eigenvalue weighted by Gasteiger charge is 2.05. The SMILES string of the molecule is CCCOc1ccc(C(=O)N/N=C/c2cc(Br)ccc2O)cc1. The number of halogens is 1. The van der Waals surface area contributed by atoms with E-state index in [2.05, 4.69) is 26.5 Å². The van der Waals surface area contributed by atoms with Crippen molar-refractivity contribution in [3.05, 3.63) is 58.1 Å². The van der Waals surface area contributed by atoms with Gasteiger partial charge in [0.2, 0.25) is 0 Å². The zero-order valence-corrected chi connectivity index (χ0v) is 14.2. The molecule has 2 rings (SSSR count). The first-order chi connectivity index (χ1) is 11.1. The Hall–Kier alpha value is -2.34. The van der Waals surface area contributed by atoms with E-state index in [0.29, 0.717) is 17.7 Å². The van der Waals surface area contributed by atoms with Gasteiger partial charge in [0.15, 0.2) is 0 Å². The van der Waals surface area contributed by atoms with Crippen molar-refractivity contribution in [2.24, 2.45) is 5.10 Å². The number of ether oxygens (including phenoxy) is 1. The fraction of sp³-hybridized carbons (Fsp3) is 0.176. The Labute approximate surface area is 143 Å².